The lowest BCUT2D eigenvalue weighted by molar-refractivity contribution is 0.475. The van der Waals surface area contributed by atoms with Gasteiger partial charge < -0.3 is 21.3 Å². The van der Waals surface area contributed by atoms with E-state index in [2.05, 4.69) is 10.3 Å². The van der Waals surface area contributed by atoms with E-state index in [1.807, 2.05) is 0 Å². The summed E-state index contributed by atoms with van der Waals surface area (Å²) in [5.74, 6) is 0.338. The highest BCUT2D eigenvalue weighted by atomic mass is 16.3. The minimum absolute atomic E-state index is 0.165. The Bertz CT molecular complexity index is 863. The van der Waals surface area contributed by atoms with Crippen molar-refractivity contribution >= 4 is 22.8 Å². The number of hydrogen-bond acceptors (Lipinski definition) is 6. The Labute approximate surface area is 138 Å². The van der Waals surface area contributed by atoms with E-state index >= 15 is 0 Å². The van der Waals surface area contributed by atoms with Gasteiger partial charge in [0.15, 0.2) is 0 Å². The average Bonchev–Trinajstić information content (AvgIpc) is 2.56. The van der Waals surface area contributed by atoms with Crippen molar-refractivity contribution in [1.29, 1.82) is 5.41 Å². The number of phenolic OH excluding ortho intramolecular Hbond substituents is 2. The van der Waals surface area contributed by atoms with Crippen LogP contribution in [0.3, 0.4) is 0 Å². The van der Waals surface area contributed by atoms with E-state index in [1.54, 1.807) is 54.6 Å². The van der Waals surface area contributed by atoms with Gasteiger partial charge in [-0.3, -0.25) is 5.41 Å². The van der Waals surface area contributed by atoms with Crippen molar-refractivity contribution in [3.05, 3.63) is 72.1 Å². The molecule has 0 atom stereocenters. The van der Waals surface area contributed by atoms with Gasteiger partial charge in [-0.15, -0.1) is 0 Å². The first kappa shape index (κ1) is 15.4. The topological polar surface area (TPSA) is 115 Å². The third kappa shape index (κ3) is 3.44. The molecular weight excluding hydrogens is 304 g/mol. The van der Waals surface area contributed by atoms with E-state index in [1.165, 1.54) is 6.08 Å². The number of phenols is 2. The van der Waals surface area contributed by atoms with Gasteiger partial charge in [0.25, 0.3) is 0 Å². The Morgan fingerprint density at radius 3 is 2.08 bits per heavy atom. The number of nitrogens with zero attached hydrogens (tertiary/aromatic N) is 1. The molecule has 2 aromatic rings. The predicted octanol–water partition coefficient (Wildman–Crippen LogP) is 3.04. The minimum atomic E-state index is 0.165. The molecule has 24 heavy (non-hydrogen) atoms. The van der Waals surface area contributed by atoms with E-state index in [4.69, 9.17) is 11.1 Å². The van der Waals surface area contributed by atoms with Crippen molar-refractivity contribution in [1.82, 2.24) is 0 Å². The summed E-state index contributed by atoms with van der Waals surface area (Å²) >= 11 is 0. The maximum absolute atomic E-state index is 9.33. The van der Waals surface area contributed by atoms with Crippen LogP contribution >= 0.6 is 0 Å². The third-order valence-electron chi connectivity index (χ3n) is 3.41. The lowest BCUT2D eigenvalue weighted by Gasteiger charge is -2.16. The zero-order chi connectivity index (χ0) is 17.1. The van der Waals surface area contributed by atoms with Gasteiger partial charge in [0.05, 0.1) is 28.5 Å². The summed E-state index contributed by atoms with van der Waals surface area (Å²) in [5, 5.41) is 29.8. The summed E-state index contributed by atoms with van der Waals surface area (Å²) in [4.78, 5) is 4.44. The zero-order valence-electron chi connectivity index (χ0n) is 12.7. The first-order valence-corrected chi connectivity index (χ1v) is 7.23. The average molecular weight is 320 g/mol. The first-order chi connectivity index (χ1) is 11.5. The summed E-state index contributed by atoms with van der Waals surface area (Å²) < 4.78 is 0. The highest BCUT2D eigenvalue weighted by Crippen LogP contribution is 2.21. The smallest absolute Gasteiger partial charge is 0.115 e. The molecule has 1 aliphatic carbocycles. The summed E-state index contributed by atoms with van der Waals surface area (Å²) in [7, 11) is 0. The molecule has 6 N–H and O–H groups in total. The molecule has 0 aromatic heterocycles. The number of nitrogens with one attached hydrogen (secondary N) is 2. The number of allylic oxidation sites excluding steroid dienone is 2. The fourth-order valence-electron chi connectivity index (χ4n) is 2.17. The second kappa shape index (κ2) is 6.29. The van der Waals surface area contributed by atoms with Crippen LogP contribution in [0.4, 0.5) is 11.4 Å². The largest absolute Gasteiger partial charge is 0.508 e. The van der Waals surface area contributed by atoms with E-state index in [0.717, 1.165) is 5.69 Å². The second-order valence-electron chi connectivity index (χ2n) is 5.26. The van der Waals surface area contributed by atoms with Crippen LogP contribution in [0.25, 0.3) is 0 Å². The molecule has 0 saturated carbocycles. The van der Waals surface area contributed by atoms with Gasteiger partial charge in [-0.1, -0.05) is 0 Å². The lowest BCUT2D eigenvalue weighted by atomic mass is 10.0. The quantitative estimate of drug-likeness (QED) is 0.441. The monoisotopic (exact) mass is 320 g/mol. The van der Waals surface area contributed by atoms with Crippen LogP contribution in [0, 0.1) is 5.41 Å². The molecule has 0 radical (unpaired) electrons. The number of rotatable bonds is 3. The van der Waals surface area contributed by atoms with Gasteiger partial charge in [0.1, 0.15) is 11.5 Å². The molecule has 0 heterocycles. The molecule has 1 aliphatic rings. The molecule has 2 aromatic carbocycles. The Kier molecular flexibility index (Phi) is 4.03. The molecule has 0 fully saturated rings. The van der Waals surface area contributed by atoms with E-state index in [9.17, 15) is 10.2 Å². The molecule has 120 valence electrons. The molecule has 3 rings (SSSR count). The third-order valence-corrected chi connectivity index (χ3v) is 3.41. The molecule has 0 saturated heterocycles. The Balaban J connectivity index is 1.90. The van der Waals surface area contributed by atoms with Gasteiger partial charge >= 0.3 is 0 Å². The fourth-order valence-corrected chi connectivity index (χ4v) is 2.17. The number of anilines is 1. The molecular formula is C18H16N4O2. The van der Waals surface area contributed by atoms with Crippen molar-refractivity contribution in [2.24, 2.45) is 10.7 Å². The first-order valence-electron chi connectivity index (χ1n) is 7.23. The molecule has 6 heteroatoms. The lowest BCUT2D eigenvalue weighted by Crippen LogP contribution is -2.21. The Morgan fingerprint density at radius 2 is 1.46 bits per heavy atom. The van der Waals surface area contributed by atoms with E-state index in [0.29, 0.717) is 22.8 Å². The molecule has 6 nitrogen and oxygen atoms in total. The number of aromatic hydroxyl groups is 2. The van der Waals surface area contributed by atoms with E-state index in [-0.39, 0.29) is 17.2 Å². The van der Waals surface area contributed by atoms with E-state index < -0.39 is 0 Å². The van der Waals surface area contributed by atoms with Crippen LogP contribution in [-0.4, -0.2) is 21.6 Å². The van der Waals surface area contributed by atoms with Crippen LogP contribution in [0.1, 0.15) is 0 Å². The maximum atomic E-state index is 9.33. The van der Waals surface area contributed by atoms with Crippen LogP contribution < -0.4 is 11.1 Å². The summed E-state index contributed by atoms with van der Waals surface area (Å²) in [6.07, 6.45) is 3.22. The molecule has 0 bridgehead atoms. The SMILES string of the molecule is N=C1C=C(N)/C(=N\c2ccc(O)cc2)C=C1Nc1ccc(O)cc1. The van der Waals surface area contributed by atoms with Gasteiger partial charge in [-0.05, 0) is 60.7 Å². The van der Waals surface area contributed by atoms with Gasteiger partial charge in [-0.2, -0.15) is 0 Å². The van der Waals surface area contributed by atoms with Crippen molar-refractivity contribution in [2.75, 3.05) is 5.32 Å². The van der Waals surface area contributed by atoms with Crippen LogP contribution in [0.5, 0.6) is 11.5 Å². The van der Waals surface area contributed by atoms with Crippen molar-refractivity contribution in [3.63, 3.8) is 0 Å². The van der Waals surface area contributed by atoms with Crippen LogP contribution in [-0.2, 0) is 0 Å². The van der Waals surface area contributed by atoms with Crippen molar-refractivity contribution in [2.45, 2.75) is 0 Å². The second-order valence-corrected chi connectivity index (χ2v) is 5.26. The Hall–Kier alpha value is -3.54. The van der Waals surface area contributed by atoms with Crippen LogP contribution in [0.15, 0.2) is 77.1 Å². The highest BCUT2D eigenvalue weighted by molar-refractivity contribution is 6.23. The van der Waals surface area contributed by atoms with Gasteiger partial charge in [0.2, 0.25) is 0 Å². The molecule has 0 spiro atoms. The zero-order valence-corrected chi connectivity index (χ0v) is 12.7. The van der Waals surface area contributed by atoms with Gasteiger partial charge in [0, 0.05) is 5.69 Å². The minimum Gasteiger partial charge on any atom is -0.508 e. The number of nitrogens with two attached hydrogens (primary N) is 1. The molecule has 0 aliphatic heterocycles. The maximum Gasteiger partial charge on any atom is 0.115 e. The molecule has 0 unspecified atom stereocenters. The van der Waals surface area contributed by atoms with Crippen molar-refractivity contribution < 1.29 is 10.2 Å². The number of hydrogen-bond donors (Lipinski definition) is 5. The highest BCUT2D eigenvalue weighted by Gasteiger charge is 2.14. The predicted molar refractivity (Wildman–Crippen MR) is 95.0 cm³/mol. The summed E-state index contributed by atoms with van der Waals surface area (Å²) in [6, 6.07) is 13.0. The van der Waals surface area contributed by atoms with Crippen LogP contribution in [0.2, 0.25) is 0 Å². The summed E-state index contributed by atoms with van der Waals surface area (Å²) in [5.41, 5.74) is 9.05. The standard InChI is InChI=1S/C18H16N4O2/c19-15-9-16(20)18(22-12-3-7-14(24)8-4-12)10-17(15)21-11-1-5-13(23)6-2-11/h1-10,19,21,23-24H,20H2/b19-15?,22-18-. The summed E-state index contributed by atoms with van der Waals surface area (Å²) in [6.45, 7) is 0. The van der Waals surface area contributed by atoms with Gasteiger partial charge in [-0.25, -0.2) is 4.99 Å². The Morgan fingerprint density at radius 1 is 0.875 bits per heavy atom. The molecule has 0 amide bonds. The fraction of sp³-hybridized carbons (Fsp3) is 0. The normalized spacial score (nSPS) is 15.8. The van der Waals surface area contributed by atoms with Crippen molar-refractivity contribution in [3.8, 4) is 11.5 Å². The number of benzene rings is 2. The number of aliphatic imine (C=N–C) groups is 1.